The number of carboxylic acid groups (broad SMARTS) is 1. The highest BCUT2D eigenvalue weighted by Gasteiger charge is 1.99. The molecule has 0 spiro atoms. The molecule has 0 aromatic carbocycles. The number of aliphatic hydroxyl groups excluding tert-OH is 1. The first-order chi connectivity index (χ1) is 10.7. The SMILES string of the molecule is CCCCCCCCCCCCCCCC(O)C#CC(=O)O. The van der Waals surface area contributed by atoms with Crippen molar-refractivity contribution in [2.24, 2.45) is 0 Å². The summed E-state index contributed by atoms with van der Waals surface area (Å²) in [6.07, 6.45) is 16.6. The fourth-order valence-corrected chi connectivity index (χ4v) is 2.57. The van der Waals surface area contributed by atoms with Gasteiger partial charge in [-0.3, -0.25) is 0 Å². The van der Waals surface area contributed by atoms with E-state index in [1.165, 1.54) is 70.6 Å². The molecule has 1 atom stereocenters. The number of carboxylic acids is 1. The second-order valence-electron chi connectivity index (χ2n) is 6.12. The standard InChI is InChI=1S/C19H34O3/c1-2-3-4-5-6-7-8-9-10-11-12-13-14-15-18(20)16-17-19(21)22/h18,20H,2-15H2,1H3,(H,21,22). The van der Waals surface area contributed by atoms with Gasteiger partial charge in [0.05, 0.1) is 0 Å². The van der Waals surface area contributed by atoms with Gasteiger partial charge in [-0.05, 0) is 12.8 Å². The van der Waals surface area contributed by atoms with Crippen molar-refractivity contribution in [2.75, 3.05) is 0 Å². The van der Waals surface area contributed by atoms with Crippen LogP contribution in [-0.2, 0) is 4.79 Å². The van der Waals surface area contributed by atoms with Crippen LogP contribution in [-0.4, -0.2) is 22.3 Å². The van der Waals surface area contributed by atoms with E-state index in [0.29, 0.717) is 6.42 Å². The molecular formula is C19H34O3. The van der Waals surface area contributed by atoms with E-state index in [4.69, 9.17) is 5.11 Å². The predicted molar refractivity (Wildman–Crippen MR) is 91.7 cm³/mol. The van der Waals surface area contributed by atoms with Crippen molar-refractivity contribution >= 4 is 5.97 Å². The molecule has 3 nitrogen and oxygen atoms in total. The van der Waals surface area contributed by atoms with Gasteiger partial charge < -0.3 is 10.2 Å². The average molecular weight is 310 g/mol. The van der Waals surface area contributed by atoms with Gasteiger partial charge in [0.2, 0.25) is 0 Å². The van der Waals surface area contributed by atoms with Crippen molar-refractivity contribution in [1.82, 2.24) is 0 Å². The molecule has 0 radical (unpaired) electrons. The van der Waals surface area contributed by atoms with Crippen molar-refractivity contribution in [1.29, 1.82) is 0 Å². The summed E-state index contributed by atoms with van der Waals surface area (Å²) in [5.41, 5.74) is 0. The van der Waals surface area contributed by atoms with Crippen molar-refractivity contribution in [3.05, 3.63) is 0 Å². The van der Waals surface area contributed by atoms with Gasteiger partial charge >= 0.3 is 5.97 Å². The van der Waals surface area contributed by atoms with Gasteiger partial charge in [0.15, 0.2) is 0 Å². The first-order valence-electron chi connectivity index (χ1n) is 9.09. The predicted octanol–water partition coefficient (Wildman–Crippen LogP) is 4.92. The van der Waals surface area contributed by atoms with E-state index in [0.717, 1.165) is 12.8 Å². The Morgan fingerprint density at radius 1 is 0.818 bits per heavy atom. The molecule has 0 aliphatic rings. The zero-order valence-corrected chi connectivity index (χ0v) is 14.3. The highest BCUT2D eigenvalue weighted by Crippen LogP contribution is 2.13. The first-order valence-corrected chi connectivity index (χ1v) is 9.09. The highest BCUT2D eigenvalue weighted by atomic mass is 16.4. The summed E-state index contributed by atoms with van der Waals surface area (Å²) in [7, 11) is 0. The quantitative estimate of drug-likeness (QED) is 0.354. The van der Waals surface area contributed by atoms with Gasteiger partial charge in [-0.1, -0.05) is 89.9 Å². The Morgan fingerprint density at radius 2 is 1.23 bits per heavy atom. The van der Waals surface area contributed by atoms with E-state index in [1.807, 2.05) is 5.92 Å². The van der Waals surface area contributed by atoms with Crippen LogP contribution in [0.4, 0.5) is 0 Å². The summed E-state index contributed by atoms with van der Waals surface area (Å²) < 4.78 is 0. The molecule has 0 saturated carbocycles. The summed E-state index contributed by atoms with van der Waals surface area (Å²) in [5.74, 6) is 3.11. The number of aliphatic carboxylic acids is 1. The Hall–Kier alpha value is -1.01. The Kier molecular flexibility index (Phi) is 15.6. The van der Waals surface area contributed by atoms with Gasteiger partial charge in [-0.2, -0.15) is 0 Å². The van der Waals surface area contributed by atoms with Crippen LogP contribution in [0, 0.1) is 11.8 Å². The second kappa shape index (κ2) is 16.4. The highest BCUT2D eigenvalue weighted by molar-refractivity contribution is 5.86. The van der Waals surface area contributed by atoms with Crippen LogP contribution in [0.5, 0.6) is 0 Å². The van der Waals surface area contributed by atoms with Crippen LogP contribution in [0.1, 0.15) is 96.8 Å². The minimum Gasteiger partial charge on any atom is -0.472 e. The van der Waals surface area contributed by atoms with E-state index in [1.54, 1.807) is 0 Å². The summed E-state index contributed by atoms with van der Waals surface area (Å²) in [4.78, 5) is 10.2. The first kappa shape index (κ1) is 21.0. The molecule has 0 aliphatic carbocycles. The number of unbranched alkanes of at least 4 members (excludes halogenated alkanes) is 12. The zero-order chi connectivity index (χ0) is 16.5. The third kappa shape index (κ3) is 17.0. The van der Waals surface area contributed by atoms with Crippen LogP contribution in [0.2, 0.25) is 0 Å². The maximum Gasteiger partial charge on any atom is 0.381 e. The van der Waals surface area contributed by atoms with E-state index < -0.39 is 12.1 Å². The number of hydrogen-bond donors (Lipinski definition) is 2. The fraction of sp³-hybridized carbons (Fsp3) is 0.842. The van der Waals surface area contributed by atoms with Gasteiger partial charge in [-0.25, -0.2) is 4.79 Å². The third-order valence-electron chi connectivity index (χ3n) is 3.93. The van der Waals surface area contributed by atoms with Gasteiger partial charge in [0, 0.05) is 5.92 Å². The lowest BCUT2D eigenvalue weighted by molar-refractivity contribution is -0.130. The molecule has 0 amide bonds. The number of aliphatic hydroxyl groups is 1. The molecule has 128 valence electrons. The molecule has 0 fully saturated rings. The van der Waals surface area contributed by atoms with Crippen LogP contribution in [0.15, 0.2) is 0 Å². The van der Waals surface area contributed by atoms with E-state index in [2.05, 4.69) is 12.8 Å². The van der Waals surface area contributed by atoms with Crippen LogP contribution in [0.3, 0.4) is 0 Å². The molecule has 22 heavy (non-hydrogen) atoms. The smallest absolute Gasteiger partial charge is 0.381 e. The lowest BCUT2D eigenvalue weighted by Gasteiger charge is -2.04. The van der Waals surface area contributed by atoms with Crippen molar-refractivity contribution in [3.63, 3.8) is 0 Å². The van der Waals surface area contributed by atoms with E-state index in [9.17, 15) is 9.90 Å². The molecule has 0 aliphatic heterocycles. The fourth-order valence-electron chi connectivity index (χ4n) is 2.57. The molecule has 0 saturated heterocycles. The Bertz CT molecular complexity index is 314. The van der Waals surface area contributed by atoms with Crippen LogP contribution in [0.25, 0.3) is 0 Å². The molecule has 2 N–H and O–H groups in total. The monoisotopic (exact) mass is 310 g/mol. The van der Waals surface area contributed by atoms with Gasteiger partial charge in [0.1, 0.15) is 6.10 Å². The molecule has 0 rings (SSSR count). The minimum absolute atomic E-state index is 0.581. The van der Waals surface area contributed by atoms with Gasteiger partial charge in [-0.15, -0.1) is 0 Å². The van der Waals surface area contributed by atoms with Crippen molar-refractivity contribution in [3.8, 4) is 11.8 Å². The summed E-state index contributed by atoms with van der Waals surface area (Å²) in [5, 5.41) is 17.8. The molecule has 3 heteroatoms. The maximum atomic E-state index is 10.2. The summed E-state index contributed by atoms with van der Waals surface area (Å²) in [6, 6.07) is 0. The number of carbonyl (C=O) groups is 1. The lowest BCUT2D eigenvalue weighted by Crippen LogP contribution is -2.03. The minimum atomic E-state index is -1.18. The molecular weight excluding hydrogens is 276 g/mol. The topological polar surface area (TPSA) is 57.5 Å². The number of rotatable bonds is 14. The van der Waals surface area contributed by atoms with E-state index in [-0.39, 0.29) is 0 Å². The maximum absolute atomic E-state index is 10.2. The van der Waals surface area contributed by atoms with Crippen molar-refractivity contribution in [2.45, 2.75) is 103 Å². The largest absolute Gasteiger partial charge is 0.472 e. The van der Waals surface area contributed by atoms with Crippen LogP contribution >= 0.6 is 0 Å². The zero-order valence-electron chi connectivity index (χ0n) is 14.3. The molecule has 0 aromatic heterocycles. The normalized spacial score (nSPS) is 11.7. The van der Waals surface area contributed by atoms with Gasteiger partial charge in [0.25, 0.3) is 0 Å². The van der Waals surface area contributed by atoms with Crippen LogP contribution < -0.4 is 0 Å². The Labute approximate surface area is 136 Å². The van der Waals surface area contributed by atoms with E-state index >= 15 is 0 Å². The molecule has 0 aromatic rings. The third-order valence-corrected chi connectivity index (χ3v) is 3.93. The lowest BCUT2D eigenvalue weighted by atomic mass is 10.0. The Balaban J connectivity index is 3.18. The second-order valence-corrected chi connectivity index (χ2v) is 6.12. The average Bonchev–Trinajstić information content (AvgIpc) is 2.49. The van der Waals surface area contributed by atoms with Crippen molar-refractivity contribution < 1.29 is 15.0 Å². The molecule has 0 heterocycles. The Morgan fingerprint density at radius 3 is 1.64 bits per heavy atom. The molecule has 0 bridgehead atoms. The molecule has 1 unspecified atom stereocenters. The summed E-state index contributed by atoms with van der Waals surface area (Å²) in [6.45, 7) is 2.25. The summed E-state index contributed by atoms with van der Waals surface area (Å²) >= 11 is 0. The number of hydrogen-bond acceptors (Lipinski definition) is 2.